The van der Waals surface area contributed by atoms with E-state index in [-0.39, 0.29) is 18.4 Å². The molecule has 17 heavy (non-hydrogen) atoms. The Hall–Kier alpha value is -1.59. The molecule has 96 valence electrons. The molecule has 1 aliphatic carbocycles. The van der Waals surface area contributed by atoms with Crippen molar-refractivity contribution in [3.05, 3.63) is 0 Å². The third kappa shape index (κ3) is 2.40. The van der Waals surface area contributed by atoms with Gasteiger partial charge in [0, 0.05) is 14.1 Å². The molecule has 0 aromatic rings. The summed E-state index contributed by atoms with van der Waals surface area (Å²) in [5.74, 6) is -2.70. The molecule has 1 saturated carbocycles. The SMILES string of the molecule is CNC(=O)CN(C)C(=O)[C@H]1[C@@H](C(=O)O)C1(C)C. The van der Waals surface area contributed by atoms with Crippen LogP contribution in [0, 0.1) is 17.3 Å². The molecule has 0 unspecified atom stereocenters. The van der Waals surface area contributed by atoms with Crippen molar-refractivity contribution in [2.75, 3.05) is 20.6 Å². The van der Waals surface area contributed by atoms with Gasteiger partial charge >= 0.3 is 5.97 Å². The lowest BCUT2D eigenvalue weighted by molar-refractivity contribution is -0.142. The van der Waals surface area contributed by atoms with Gasteiger partial charge in [-0.3, -0.25) is 14.4 Å². The van der Waals surface area contributed by atoms with E-state index >= 15 is 0 Å². The van der Waals surface area contributed by atoms with Crippen molar-refractivity contribution < 1.29 is 19.5 Å². The minimum atomic E-state index is -0.957. The van der Waals surface area contributed by atoms with Gasteiger partial charge in [0.25, 0.3) is 0 Å². The van der Waals surface area contributed by atoms with Crippen molar-refractivity contribution >= 4 is 17.8 Å². The van der Waals surface area contributed by atoms with E-state index in [9.17, 15) is 14.4 Å². The summed E-state index contributed by atoms with van der Waals surface area (Å²) >= 11 is 0. The monoisotopic (exact) mass is 242 g/mol. The summed E-state index contributed by atoms with van der Waals surface area (Å²) in [6.45, 7) is 3.46. The van der Waals surface area contributed by atoms with Crippen molar-refractivity contribution in [2.24, 2.45) is 17.3 Å². The van der Waals surface area contributed by atoms with Gasteiger partial charge in [0.1, 0.15) is 0 Å². The number of nitrogens with one attached hydrogen (secondary N) is 1. The van der Waals surface area contributed by atoms with Crippen molar-refractivity contribution in [3.63, 3.8) is 0 Å². The van der Waals surface area contributed by atoms with E-state index in [0.717, 1.165) is 0 Å². The first-order valence-electron chi connectivity index (χ1n) is 5.41. The fourth-order valence-corrected chi connectivity index (χ4v) is 2.17. The lowest BCUT2D eigenvalue weighted by Crippen LogP contribution is -2.38. The van der Waals surface area contributed by atoms with Crippen LogP contribution in [0.25, 0.3) is 0 Å². The van der Waals surface area contributed by atoms with E-state index in [1.54, 1.807) is 13.8 Å². The fraction of sp³-hybridized carbons (Fsp3) is 0.727. The van der Waals surface area contributed by atoms with Crippen LogP contribution < -0.4 is 5.32 Å². The number of aliphatic carboxylic acids is 1. The number of hydrogen-bond donors (Lipinski definition) is 2. The minimum absolute atomic E-state index is 0.0474. The van der Waals surface area contributed by atoms with Crippen LogP contribution in [-0.4, -0.2) is 48.4 Å². The summed E-state index contributed by atoms with van der Waals surface area (Å²) in [5, 5.41) is 11.4. The van der Waals surface area contributed by atoms with Crippen LogP contribution in [0.1, 0.15) is 13.8 Å². The number of rotatable bonds is 4. The molecule has 0 spiro atoms. The van der Waals surface area contributed by atoms with Gasteiger partial charge in [-0.2, -0.15) is 0 Å². The summed E-state index contributed by atoms with van der Waals surface area (Å²) in [5.41, 5.74) is -0.528. The zero-order chi connectivity index (χ0) is 13.4. The number of likely N-dealkylation sites (N-methyl/N-ethyl adjacent to an activating group) is 2. The highest BCUT2D eigenvalue weighted by atomic mass is 16.4. The van der Waals surface area contributed by atoms with Gasteiger partial charge in [-0.15, -0.1) is 0 Å². The molecule has 1 aliphatic rings. The van der Waals surface area contributed by atoms with Gasteiger partial charge in [0.15, 0.2) is 0 Å². The molecule has 2 atom stereocenters. The maximum absolute atomic E-state index is 12.0. The summed E-state index contributed by atoms with van der Waals surface area (Å²) < 4.78 is 0. The average Bonchev–Trinajstić information content (AvgIpc) is 2.80. The van der Waals surface area contributed by atoms with E-state index in [1.165, 1.54) is 19.0 Å². The van der Waals surface area contributed by atoms with E-state index in [4.69, 9.17) is 5.11 Å². The molecule has 0 heterocycles. The Bertz CT molecular complexity index is 364. The van der Waals surface area contributed by atoms with E-state index in [0.29, 0.717) is 0 Å². The number of hydrogen-bond acceptors (Lipinski definition) is 3. The van der Waals surface area contributed by atoms with E-state index < -0.39 is 23.2 Å². The molecule has 0 aliphatic heterocycles. The number of carboxylic acids is 1. The molecule has 0 saturated heterocycles. The van der Waals surface area contributed by atoms with Gasteiger partial charge in [0.2, 0.25) is 11.8 Å². The Kier molecular flexibility index (Phi) is 3.45. The van der Waals surface area contributed by atoms with Gasteiger partial charge in [0.05, 0.1) is 18.4 Å². The first kappa shape index (κ1) is 13.5. The van der Waals surface area contributed by atoms with Crippen molar-refractivity contribution in [2.45, 2.75) is 13.8 Å². The second-order valence-electron chi connectivity index (χ2n) is 4.98. The number of carbonyl (C=O) groups excluding carboxylic acids is 2. The zero-order valence-electron chi connectivity index (χ0n) is 10.5. The Labute approximate surface area is 100.0 Å². The fourth-order valence-electron chi connectivity index (χ4n) is 2.17. The molecule has 0 aromatic heterocycles. The highest BCUT2D eigenvalue weighted by molar-refractivity contribution is 5.93. The Morgan fingerprint density at radius 2 is 1.82 bits per heavy atom. The van der Waals surface area contributed by atoms with Crippen LogP contribution >= 0.6 is 0 Å². The molecule has 6 heteroatoms. The Morgan fingerprint density at radius 1 is 1.29 bits per heavy atom. The maximum atomic E-state index is 12.0. The van der Waals surface area contributed by atoms with Gasteiger partial charge < -0.3 is 15.3 Å². The molecule has 0 bridgehead atoms. The van der Waals surface area contributed by atoms with E-state index in [1.807, 2.05) is 0 Å². The molecule has 6 nitrogen and oxygen atoms in total. The standard InChI is InChI=1S/C11H18N2O4/c1-11(2)7(8(11)10(16)17)9(15)13(4)5-6(14)12-3/h7-8H,5H2,1-4H3,(H,12,14)(H,16,17)/t7-,8+/m1/s1. The molecule has 1 rings (SSSR count). The van der Waals surface area contributed by atoms with Crippen LogP contribution in [0.15, 0.2) is 0 Å². The third-order valence-electron chi connectivity index (χ3n) is 3.40. The van der Waals surface area contributed by atoms with Crippen LogP contribution in [0.4, 0.5) is 0 Å². The molecule has 0 radical (unpaired) electrons. The van der Waals surface area contributed by atoms with Gasteiger partial charge in [-0.25, -0.2) is 0 Å². The van der Waals surface area contributed by atoms with Gasteiger partial charge in [-0.1, -0.05) is 13.8 Å². The molecule has 2 amide bonds. The predicted molar refractivity (Wildman–Crippen MR) is 60.1 cm³/mol. The van der Waals surface area contributed by atoms with Crippen LogP contribution in [-0.2, 0) is 14.4 Å². The summed E-state index contributed by atoms with van der Waals surface area (Å²) in [4.78, 5) is 35.3. The minimum Gasteiger partial charge on any atom is -0.481 e. The first-order valence-corrected chi connectivity index (χ1v) is 5.41. The molecular weight excluding hydrogens is 224 g/mol. The number of carbonyl (C=O) groups is 3. The first-order chi connectivity index (χ1) is 7.73. The van der Waals surface area contributed by atoms with Gasteiger partial charge in [-0.05, 0) is 5.41 Å². The second kappa shape index (κ2) is 4.35. The number of carboxylic acid groups (broad SMARTS) is 1. The third-order valence-corrected chi connectivity index (χ3v) is 3.40. The quantitative estimate of drug-likeness (QED) is 0.699. The van der Waals surface area contributed by atoms with Crippen LogP contribution in [0.3, 0.4) is 0 Å². The largest absolute Gasteiger partial charge is 0.481 e. The molecule has 0 aromatic carbocycles. The lowest BCUT2D eigenvalue weighted by atomic mass is 10.1. The van der Waals surface area contributed by atoms with Crippen LogP contribution in [0.2, 0.25) is 0 Å². The lowest BCUT2D eigenvalue weighted by Gasteiger charge is -2.16. The van der Waals surface area contributed by atoms with E-state index in [2.05, 4.69) is 5.32 Å². The predicted octanol–water partition coefficient (Wildman–Crippen LogP) is -0.452. The molecule has 2 N–H and O–H groups in total. The number of nitrogens with zero attached hydrogens (tertiary/aromatic N) is 1. The summed E-state index contributed by atoms with van der Waals surface area (Å²) in [6, 6.07) is 0. The Morgan fingerprint density at radius 3 is 2.18 bits per heavy atom. The molecule has 1 fully saturated rings. The maximum Gasteiger partial charge on any atom is 0.307 e. The highest BCUT2D eigenvalue weighted by Gasteiger charge is 2.66. The highest BCUT2D eigenvalue weighted by Crippen LogP contribution is 2.58. The summed E-state index contributed by atoms with van der Waals surface area (Å²) in [6.07, 6.45) is 0. The zero-order valence-corrected chi connectivity index (χ0v) is 10.5. The normalized spacial score (nSPS) is 24.9. The van der Waals surface area contributed by atoms with Crippen LogP contribution in [0.5, 0.6) is 0 Å². The Balaban J connectivity index is 2.66. The van der Waals surface area contributed by atoms with Crippen molar-refractivity contribution in [1.82, 2.24) is 10.2 Å². The topological polar surface area (TPSA) is 86.7 Å². The molecular formula is C11H18N2O4. The summed E-state index contributed by atoms with van der Waals surface area (Å²) in [7, 11) is 2.99. The number of amides is 2. The van der Waals surface area contributed by atoms with Crippen molar-refractivity contribution in [1.29, 1.82) is 0 Å². The second-order valence-corrected chi connectivity index (χ2v) is 4.98. The van der Waals surface area contributed by atoms with Crippen molar-refractivity contribution in [3.8, 4) is 0 Å². The average molecular weight is 242 g/mol. The smallest absolute Gasteiger partial charge is 0.307 e.